The van der Waals surface area contributed by atoms with Gasteiger partial charge in [0.1, 0.15) is 11.6 Å². The SMILES string of the molecule is COc1ccc(C(=O)O[C@H](C)C(=O)NC(=O)NC2CCCCC2)c(F)c1. The molecule has 26 heavy (non-hydrogen) atoms. The Labute approximate surface area is 151 Å². The lowest BCUT2D eigenvalue weighted by molar-refractivity contribution is -0.127. The van der Waals surface area contributed by atoms with E-state index in [9.17, 15) is 18.8 Å². The van der Waals surface area contributed by atoms with Crippen LogP contribution in [0, 0.1) is 5.82 Å². The molecule has 0 spiro atoms. The highest BCUT2D eigenvalue weighted by Gasteiger charge is 2.24. The molecule has 0 unspecified atom stereocenters. The Morgan fingerprint density at radius 2 is 1.88 bits per heavy atom. The molecule has 8 heteroatoms. The maximum atomic E-state index is 13.9. The summed E-state index contributed by atoms with van der Waals surface area (Å²) in [5.74, 6) is -2.35. The van der Waals surface area contributed by atoms with Crippen molar-refractivity contribution in [2.45, 2.75) is 51.2 Å². The average Bonchev–Trinajstić information content (AvgIpc) is 2.61. The van der Waals surface area contributed by atoms with Crippen molar-refractivity contribution in [3.63, 3.8) is 0 Å². The summed E-state index contributed by atoms with van der Waals surface area (Å²) in [6, 6.07) is 3.07. The Bertz CT molecular complexity index is 674. The van der Waals surface area contributed by atoms with Crippen molar-refractivity contribution >= 4 is 17.9 Å². The predicted molar refractivity (Wildman–Crippen MR) is 91.4 cm³/mol. The second kappa shape index (κ2) is 9.17. The van der Waals surface area contributed by atoms with Crippen molar-refractivity contribution in [2.24, 2.45) is 0 Å². The number of nitrogens with one attached hydrogen (secondary N) is 2. The van der Waals surface area contributed by atoms with Crippen LogP contribution in [0.3, 0.4) is 0 Å². The Morgan fingerprint density at radius 1 is 1.19 bits per heavy atom. The Kier molecular flexibility index (Phi) is 6.94. The Morgan fingerprint density at radius 3 is 2.50 bits per heavy atom. The van der Waals surface area contributed by atoms with Gasteiger partial charge in [-0.3, -0.25) is 10.1 Å². The lowest BCUT2D eigenvalue weighted by Crippen LogP contribution is -2.48. The first kappa shape index (κ1) is 19.7. The van der Waals surface area contributed by atoms with Crippen molar-refractivity contribution in [2.75, 3.05) is 7.11 Å². The first-order valence-electron chi connectivity index (χ1n) is 8.56. The number of amides is 3. The molecule has 0 aromatic heterocycles. The van der Waals surface area contributed by atoms with Crippen LogP contribution in [0.2, 0.25) is 0 Å². The minimum atomic E-state index is -1.25. The van der Waals surface area contributed by atoms with Gasteiger partial charge in [-0.2, -0.15) is 0 Å². The summed E-state index contributed by atoms with van der Waals surface area (Å²) in [4.78, 5) is 35.8. The summed E-state index contributed by atoms with van der Waals surface area (Å²) in [6.45, 7) is 1.31. The number of rotatable bonds is 5. The predicted octanol–water partition coefficient (Wildman–Crippen LogP) is 2.54. The van der Waals surface area contributed by atoms with Gasteiger partial charge in [-0.25, -0.2) is 14.0 Å². The van der Waals surface area contributed by atoms with Gasteiger partial charge in [0.15, 0.2) is 6.10 Å². The van der Waals surface area contributed by atoms with Crippen LogP contribution in [0.5, 0.6) is 5.75 Å². The molecule has 0 bridgehead atoms. The molecule has 1 fully saturated rings. The second-order valence-electron chi connectivity index (χ2n) is 6.19. The van der Waals surface area contributed by atoms with E-state index in [-0.39, 0.29) is 17.4 Å². The summed E-state index contributed by atoms with van der Waals surface area (Å²) in [7, 11) is 1.37. The third-order valence-corrected chi connectivity index (χ3v) is 4.23. The Hall–Kier alpha value is -2.64. The van der Waals surface area contributed by atoms with E-state index >= 15 is 0 Å². The van der Waals surface area contributed by atoms with Crippen molar-refractivity contribution in [1.82, 2.24) is 10.6 Å². The number of methoxy groups -OCH3 is 1. The number of carbonyl (C=O) groups excluding carboxylic acids is 3. The van der Waals surface area contributed by atoms with E-state index in [1.54, 1.807) is 0 Å². The molecule has 0 heterocycles. The molecule has 7 nitrogen and oxygen atoms in total. The van der Waals surface area contributed by atoms with Crippen LogP contribution in [0.15, 0.2) is 18.2 Å². The third kappa shape index (κ3) is 5.44. The lowest BCUT2D eigenvalue weighted by atomic mass is 9.96. The molecular weight excluding hydrogens is 343 g/mol. The molecule has 2 N–H and O–H groups in total. The maximum absolute atomic E-state index is 13.9. The first-order chi connectivity index (χ1) is 12.4. The number of urea groups is 1. The zero-order valence-electron chi connectivity index (χ0n) is 14.8. The smallest absolute Gasteiger partial charge is 0.341 e. The van der Waals surface area contributed by atoms with Gasteiger partial charge in [0.2, 0.25) is 0 Å². The largest absolute Gasteiger partial charge is 0.497 e. The molecule has 2 rings (SSSR count). The van der Waals surface area contributed by atoms with E-state index in [2.05, 4.69) is 10.6 Å². The van der Waals surface area contributed by atoms with Crippen LogP contribution in [0.25, 0.3) is 0 Å². The molecule has 1 saturated carbocycles. The minimum Gasteiger partial charge on any atom is -0.497 e. The van der Waals surface area contributed by atoms with Gasteiger partial charge in [-0.15, -0.1) is 0 Å². The maximum Gasteiger partial charge on any atom is 0.341 e. The van der Waals surface area contributed by atoms with E-state index in [4.69, 9.17) is 9.47 Å². The van der Waals surface area contributed by atoms with Gasteiger partial charge in [0.25, 0.3) is 5.91 Å². The molecule has 0 radical (unpaired) electrons. The lowest BCUT2D eigenvalue weighted by Gasteiger charge is -2.23. The number of benzene rings is 1. The number of imide groups is 1. The van der Waals surface area contributed by atoms with Gasteiger partial charge in [0.05, 0.1) is 12.7 Å². The highest BCUT2D eigenvalue weighted by atomic mass is 19.1. The topological polar surface area (TPSA) is 93.7 Å². The fourth-order valence-corrected chi connectivity index (χ4v) is 2.75. The summed E-state index contributed by atoms with van der Waals surface area (Å²) in [5, 5.41) is 4.86. The van der Waals surface area contributed by atoms with Gasteiger partial charge in [0, 0.05) is 12.1 Å². The molecule has 1 aromatic rings. The van der Waals surface area contributed by atoms with E-state index in [1.165, 1.54) is 26.2 Å². The van der Waals surface area contributed by atoms with Crippen LogP contribution in [-0.4, -0.2) is 37.2 Å². The number of carbonyl (C=O) groups is 3. The van der Waals surface area contributed by atoms with Crippen LogP contribution in [0.4, 0.5) is 9.18 Å². The number of esters is 1. The van der Waals surface area contributed by atoms with E-state index in [0.717, 1.165) is 38.2 Å². The standard InChI is InChI=1S/C18H23FN2O5/c1-11(16(22)21-18(24)20-12-6-4-3-5-7-12)26-17(23)14-9-8-13(25-2)10-15(14)19/h8-12H,3-7H2,1-2H3,(H2,20,21,22,24)/t11-/m1/s1. The minimum absolute atomic E-state index is 0.0443. The number of hydrogen-bond acceptors (Lipinski definition) is 5. The normalized spacial score (nSPS) is 15.7. The fraction of sp³-hybridized carbons (Fsp3) is 0.500. The zero-order valence-corrected chi connectivity index (χ0v) is 14.8. The first-order valence-corrected chi connectivity index (χ1v) is 8.56. The molecule has 1 aromatic carbocycles. The summed E-state index contributed by atoms with van der Waals surface area (Å²) < 4.78 is 23.7. The van der Waals surface area contributed by atoms with E-state index < -0.39 is 29.8 Å². The van der Waals surface area contributed by atoms with Gasteiger partial charge in [-0.05, 0) is 31.9 Å². The summed E-state index contributed by atoms with van der Waals surface area (Å²) >= 11 is 0. The van der Waals surface area contributed by atoms with Crippen LogP contribution < -0.4 is 15.4 Å². The highest BCUT2D eigenvalue weighted by Crippen LogP contribution is 2.18. The molecule has 1 aliphatic carbocycles. The number of ether oxygens (including phenoxy) is 2. The van der Waals surface area contributed by atoms with Crippen molar-refractivity contribution in [3.05, 3.63) is 29.6 Å². The van der Waals surface area contributed by atoms with Crippen LogP contribution in [0.1, 0.15) is 49.4 Å². The highest BCUT2D eigenvalue weighted by molar-refractivity contribution is 5.98. The average molecular weight is 366 g/mol. The third-order valence-electron chi connectivity index (χ3n) is 4.23. The van der Waals surface area contributed by atoms with Gasteiger partial charge >= 0.3 is 12.0 Å². The molecular formula is C18H23FN2O5. The summed E-state index contributed by atoms with van der Waals surface area (Å²) in [5.41, 5.74) is -0.322. The van der Waals surface area contributed by atoms with E-state index in [0.29, 0.717) is 0 Å². The monoisotopic (exact) mass is 366 g/mol. The van der Waals surface area contributed by atoms with Crippen molar-refractivity contribution in [1.29, 1.82) is 0 Å². The fourth-order valence-electron chi connectivity index (χ4n) is 2.75. The molecule has 1 aliphatic rings. The number of hydrogen-bond donors (Lipinski definition) is 2. The quantitative estimate of drug-likeness (QED) is 0.781. The van der Waals surface area contributed by atoms with Gasteiger partial charge in [-0.1, -0.05) is 19.3 Å². The molecule has 0 aliphatic heterocycles. The van der Waals surface area contributed by atoms with E-state index in [1.807, 2.05) is 0 Å². The number of halogens is 1. The molecule has 0 saturated heterocycles. The molecule has 142 valence electrons. The van der Waals surface area contributed by atoms with Crippen LogP contribution in [-0.2, 0) is 9.53 Å². The van der Waals surface area contributed by atoms with Gasteiger partial charge < -0.3 is 14.8 Å². The van der Waals surface area contributed by atoms with Crippen molar-refractivity contribution < 1.29 is 28.2 Å². The Balaban J connectivity index is 1.85. The molecule has 3 amide bonds. The second-order valence-corrected chi connectivity index (χ2v) is 6.19. The molecule has 1 atom stereocenters. The van der Waals surface area contributed by atoms with Crippen molar-refractivity contribution in [3.8, 4) is 5.75 Å². The van der Waals surface area contributed by atoms with Crippen LogP contribution >= 0.6 is 0 Å². The zero-order chi connectivity index (χ0) is 19.1. The summed E-state index contributed by atoms with van der Waals surface area (Å²) in [6.07, 6.45) is 3.74.